The summed E-state index contributed by atoms with van der Waals surface area (Å²) in [5, 5.41) is 7.79. The number of hydrogen-bond donors (Lipinski definition) is 3. The zero-order chi connectivity index (χ0) is 20.6. The van der Waals surface area contributed by atoms with E-state index in [9.17, 15) is 9.59 Å². The zero-order valence-corrected chi connectivity index (χ0v) is 17.1. The summed E-state index contributed by atoms with van der Waals surface area (Å²) < 4.78 is 0. The second-order valence-corrected chi connectivity index (χ2v) is 7.77. The molecule has 4 N–H and O–H groups in total. The first-order chi connectivity index (χ1) is 14.1. The van der Waals surface area contributed by atoms with Crippen LogP contribution in [-0.4, -0.2) is 11.9 Å². The van der Waals surface area contributed by atoms with Crippen molar-refractivity contribution in [1.29, 1.82) is 0 Å². The number of carbonyl (C=O) groups is 2. The summed E-state index contributed by atoms with van der Waals surface area (Å²) in [7, 11) is 0. The maximum absolute atomic E-state index is 12.9. The van der Waals surface area contributed by atoms with E-state index in [1.807, 2.05) is 47.8 Å². The molecule has 6 heteroatoms. The van der Waals surface area contributed by atoms with E-state index in [0.717, 1.165) is 22.4 Å². The molecule has 1 heterocycles. The van der Waals surface area contributed by atoms with Crippen LogP contribution in [0.3, 0.4) is 0 Å². The number of rotatable bonds is 8. The molecule has 0 saturated heterocycles. The molecular weight excluding hydrogens is 382 g/mol. The fourth-order valence-corrected chi connectivity index (χ4v) is 4.04. The predicted octanol–water partition coefficient (Wildman–Crippen LogP) is 4.32. The normalized spacial score (nSPS) is 12.7. The van der Waals surface area contributed by atoms with Gasteiger partial charge in [-0.05, 0) is 34.6 Å². The van der Waals surface area contributed by atoms with Gasteiger partial charge in [-0.3, -0.25) is 4.79 Å². The van der Waals surface area contributed by atoms with Crippen molar-refractivity contribution in [3.63, 3.8) is 0 Å². The smallest absolute Gasteiger partial charge is 0.312 e. The second-order valence-electron chi connectivity index (χ2n) is 6.79. The molecule has 2 unspecified atom stereocenters. The number of benzene rings is 2. The van der Waals surface area contributed by atoms with Gasteiger partial charge in [0.2, 0.25) is 5.91 Å². The molecule has 29 heavy (non-hydrogen) atoms. The lowest BCUT2D eigenvalue weighted by Crippen LogP contribution is -2.37. The van der Waals surface area contributed by atoms with Crippen molar-refractivity contribution in [2.24, 2.45) is 5.73 Å². The van der Waals surface area contributed by atoms with Crippen LogP contribution in [0.1, 0.15) is 47.0 Å². The Morgan fingerprint density at radius 2 is 1.66 bits per heavy atom. The molecule has 0 aliphatic carbocycles. The zero-order valence-electron chi connectivity index (χ0n) is 16.3. The number of aryl methyl sites for hydroxylation is 1. The Kier molecular flexibility index (Phi) is 7.03. The molecule has 0 saturated carbocycles. The quantitative estimate of drug-likeness (QED) is 0.520. The standard InChI is InChI=1S/C23H25N3O2S/c1-2-16-10-12-18(13-11-16)22(20-9-6-14-29-20)26-21(27)15-19(25-23(24)28)17-7-4-3-5-8-17/h3-14,19,22H,2,15H2,1H3,(H,26,27)(H3,24,25,28). The lowest BCUT2D eigenvalue weighted by Gasteiger charge is -2.22. The van der Waals surface area contributed by atoms with Crippen LogP contribution in [0.2, 0.25) is 0 Å². The number of carbonyl (C=O) groups excluding carboxylic acids is 2. The highest BCUT2D eigenvalue weighted by Crippen LogP contribution is 2.27. The highest BCUT2D eigenvalue weighted by atomic mass is 32.1. The monoisotopic (exact) mass is 407 g/mol. The maximum Gasteiger partial charge on any atom is 0.312 e. The Morgan fingerprint density at radius 3 is 2.24 bits per heavy atom. The van der Waals surface area contributed by atoms with Gasteiger partial charge in [-0.15, -0.1) is 11.3 Å². The van der Waals surface area contributed by atoms with Crippen molar-refractivity contribution in [3.05, 3.63) is 93.7 Å². The third-order valence-electron chi connectivity index (χ3n) is 4.76. The summed E-state index contributed by atoms with van der Waals surface area (Å²) in [5.74, 6) is -0.162. The topological polar surface area (TPSA) is 84.2 Å². The minimum absolute atomic E-state index is 0.0991. The van der Waals surface area contributed by atoms with E-state index in [1.54, 1.807) is 11.3 Å². The lowest BCUT2D eigenvalue weighted by atomic mass is 10.0. The van der Waals surface area contributed by atoms with Gasteiger partial charge in [0.25, 0.3) is 0 Å². The van der Waals surface area contributed by atoms with Crippen molar-refractivity contribution in [1.82, 2.24) is 10.6 Å². The molecule has 1 aromatic heterocycles. The van der Waals surface area contributed by atoms with Crippen molar-refractivity contribution in [2.45, 2.75) is 31.8 Å². The van der Waals surface area contributed by atoms with E-state index in [-0.39, 0.29) is 18.4 Å². The molecule has 5 nitrogen and oxygen atoms in total. The molecule has 150 valence electrons. The highest BCUT2D eigenvalue weighted by Gasteiger charge is 2.22. The fourth-order valence-electron chi connectivity index (χ4n) is 3.23. The van der Waals surface area contributed by atoms with Gasteiger partial charge in [-0.2, -0.15) is 0 Å². The first-order valence-corrected chi connectivity index (χ1v) is 10.5. The first kappa shape index (κ1) is 20.6. The molecule has 0 fully saturated rings. The Labute approximate surface area is 175 Å². The molecule has 2 aromatic carbocycles. The van der Waals surface area contributed by atoms with Crippen LogP contribution < -0.4 is 16.4 Å². The average Bonchev–Trinajstić information content (AvgIpc) is 3.26. The van der Waals surface area contributed by atoms with E-state index in [4.69, 9.17) is 5.73 Å². The molecule has 3 rings (SSSR count). The molecule has 0 aliphatic rings. The minimum Gasteiger partial charge on any atom is -0.352 e. The van der Waals surface area contributed by atoms with Crippen molar-refractivity contribution >= 4 is 23.3 Å². The fraction of sp³-hybridized carbons (Fsp3) is 0.217. The Balaban J connectivity index is 1.79. The van der Waals surface area contributed by atoms with Crippen LogP contribution in [0.5, 0.6) is 0 Å². The molecule has 0 radical (unpaired) electrons. The minimum atomic E-state index is -0.656. The lowest BCUT2D eigenvalue weighted by molar-refractivity contribution is -0.122. The third-order valence-corrected chi connectivity index (χ3v) is 5.70. The van der Waals surface area contributed by atoms with Gasteiger partial charge < -0.3 is 16.4 Å². The Morgan fingerprint density at radius 1 is 0.931 bits per heavy atom. The van der Waals surface area contributed by atoms with E-state index >= 15 is 0 Å². The largest absolute Gasteiger partial charge is 0.352 e. The van der Waals surface area contributed by atoms with Gasteiger partial charge in [0.05, 0.1) is 18.5 Å². The van der Waals surface area contributed by atoms with Crippen molar-refractivity contribution in [2.75, 3.05) is 0 Å². The van der Waals surface area contributed by atoms with Crippen LogP contribution in [0.15, 0.2) is 72.1 Å². The number of nitrogens with one attached hydrogen (secondary N) is 2. The van der Waals surface area contributed by atoms with E-state index in [1.165, 1.54) is 5.56 Å². The van der Waals surface area contributed by atoms with Crippen LogP contribution in [0.4, 0.5) is 4.79 Å². The summed E-state index contributed by atoms with van der Waals surface area (Å²) >= 11 is 1.60. The molecule has 2 atom stereocenters. The Bertz CT molecular complexity index is 925. The molecule has 0 spiro atoms. The van der Waals surface area contributed by atoms with Gasteiger partial charge in [0, 0.05) is 4.88 Å². The Hall–Kier alpha value is -3.12. The van der Waals surface area contributed by atoms with Gasteiger partial charge in [0.1, 0.15) is 0 Å². The molecule has 3 aromatic rings. The molecular formula is C23H25N3O2S. The number of amides is 3. The van der Waals surface area contributed by atoms with Crippen LogP contribution in [0, 0.1) is 0 Å². The SMILES string of the molecule is CCc1ccc(C(NC(=O)CC(NC(N)=O)c2ccccc2)c2cccs2)cc1. The summed E-state index contributed by atoms with van der Waals surface area (Å²) in [6.07, 6.45) is 1.07. The summed E-state index contributed by atoms with van der Waals surface area (Å²) in [6.45, 7) is 2.11. The number of urea groups is 1. The third kappa shape index (κ3) is 5.68. The molecule has 0 aliphatic heterocycles. The highest BCUT2D eigenvalue weighted by molar-refractivity contribution is 7.10. The summed E-state index contributed by atoms with van der Waals surface area (Å²) in [5.41, 5.74) is 8.43. The number of thiophene rings is 1. The second kappa shape index (κ2) is 9.89. The number of nitrogens with two attached hydrogens (primary N) is 1. The number of hydrogen-bond acceptors (Lipinski definition) is 3. The summed E-state index contributed by atoms with van der Waals surface area (Å²) in [6, 6.07) is 20.3. The van der Waals surface area contributed by atoms with E-state index < -0.39 is 12.1 Å². The molecule has 0 bridgehead atoms. The average molecular weight is 408 g/mol. The molecule has 3 amide bonds. The first-order valence-electron chi connectivity index (χ1n) is 9.59. The van der Waals surface area contributed by atoms with E-state index in [0.29, 0.717) is 0 Å². The summed E-state index contributed by atoms with van der Waals surface area (Å²) in [4.78, 5) is 25.4. The van der Waals surface area contributed by atoms with Crippen molar-refractivity contribution < 1.29 is 9.59 Å². The maximum atomic E-state index is 12.9. The van der Waals surface area contributed by atoms with Gasteiger partial charge >= 0.3 is 6.03 Å². The van der Waals surface area contributed by atoms with Crippen LogP contribution >= 0.6 is 11.3 Å². The number of primary amides is 1. The predicted molar refractivity (Wildman–Crippen MR) is 117 cm³/mol. The van der Waals surface area contributed by atoms with E-state index in [2.05, 4.69) is 41.8 Å². The van der Waals surface area contributed by atoms with Gasteiger partial charge in [-0.1, -0.05) is 67.6 Å². The van der Waals surface area contributed by atoms with Crippen LogP contribution in [0.25, 0.3) is 0 Å². The van der Waals surface area contributed by atoms with Crippen LogP contribution in [-0.2, 0) is 11.2 Å². The van der Waals surface area contributed by atoms with Crippen molar-refractivity contribution in [3.8, 4) is 0 Å². The van der Waals surface area contributed by atoms with Gasteiger partial charge in [-0.25, -0.2) is 4.79 Å². The van der Waals surface area contributed by atoms with Gasteiger partial charge in [0.15, 0.2) is 0 Å².